The summed E-state index contributed by atoms with van der Waals surface area (Å²) < 4.78 is 28.8. The average Bonchev–Trinajstić information content (AvgIpc) is 2.86. The van der Waals surface area contributed by atoms with Gasteiger partial charge in [-0.1, -0.05) is 59.6 Å². The van der Waals surface area contributed by atoms with Gasteiger partial charge in [0.1, 0.15) is 12.6 Å². The Labute approximate surface area is 240 Å². The Morgan fingerprint density at radius 3 is 2.10 bits per heavy atom. The molecule has 0 heterocycles. The molecule has 0 spiro atoms. The molecule has 0 bridgehead atoms. The molecule has 0 saturated carbocycles. The van der Waals surface area contributed by atoms with Crippen molar-refractivity contribution in [3.63, 3.8) is 0 Å². The van der Waals surface area contributed by atoms with Crippen molar-refractivity contribution >= 4 is 50.7 Å². The second-order valence-electron chi connectivity index (χ2n) is 10.3. The van der Waals surface area contributed by atoms with E-state index in [1.165, 1.54) is 29.2 Å². The van der Waals surface area contributed by atoms with Crippen molar-refractivity contribution in [1.29, 1.82) is 0 Å². The SMILES string of the molecule is Cc1ccccc1N(CC(=O)N(Cc1ccccc1Cl)[C@@H](C)C(=O)NC(C)(C)C)S(=O)(=O)c1ccc(Cl)cc1. The number of para-hydroxylation sites is 1. The summed E-state index contributed by atoms with van der Waals surface area (Å²) in [6.07, 6.45) is 0. The molecule has 0 aliphatic rings. The lowest BCUT2D eigenvalue weighted by Crippen LogP contribution is -2.54. The van der Waals surface area contributed by atoms with Crippen LogP contribution in [0.5, 0.6) is 0 Å². The molecule has 0 fully saturated rings. The number of halogens is 2. The highest BCUT2D eigenvalue weighted by molar-refractivity contribution is 7.92. The molecule has 10 heteroatoms. The van der Waals surface area contributed by atoms with Gasteiger partial charge < -0.3 is 10.2 Å². The van der Waals surface area contributed by atoms with E-state index in [-0.39, 0.29) is 17.3 Å². The van der Waals surface area contributed by atoms with Gasteiger partial charge in [-0.05, 0) is 82.1 Å². The van der Waals surface area contributed by atoms with Crippen LogP contribution in [0.3, 0.4) is 0 Å². The van der Waals surface area contributed by atoms with Gasteiger partial charge >= 0.3 is 0 Å². The molecule has 208 valence electrons. The first-order valence-corrected chi connectivity index (χ1v) is 14.6. The van der Waals surface area contributed by atoms with Crippen LogP contribution in [0.1, 0.15) is 38.8 Å². The van der Waals surface area contributed by atoms with Crippen molar-refractivity contribution in [2.24, 2.45) is 0 Å². The Kier molecular flexibility index (Phi) is 9.69. The Bertz CT molecular complexity index is 1440. The Balaban J connectivity index is 2.06. The number of aryl methyl sites for hydroxylation is 1. The summed E-state index contributed by atoms with van der Waals surface area (Å²) >= 11 is 12.4. The van der Waals surface area contributed by atoms with Crippen LogP contribution in [0.4, 0.5) is 5.69 Å². The van der Waals surface area contributed by atoms with Crippen molar-refractivity contribution in [2.45, 2.75) is 57.6 Å². The molecule has 3 aromatic rings. The van der Waals surface area contributed by atoms with Crippen LogP contribution in [0, 0.1) is 6.92 Å². The number of hydrogen-bond donors (Lipinski definition) is 1. The van der Waals surface area contributed by atoms with E-state index < -0.39 is 34.1 Å². The minimum Gasteiger partial charge on any atom is -0.350 e. The Morgan fingerprint density at radius 2 is 1.51 bits per heavy atom. The van der Waals surface area contributed by atoms with Crippen molar-refractivity contribution < 1.29 is 18.0 Å². The van der Waals surface area contributed by atoms with Crippen LogP contribution < -0.4 is 9.62 Å². The van der Waals surface area contributed by atoms with Crippen LogP contribution in [-0.4, -0.2) is 43.3 Å². The molecule has 1 atom stereocenters. The zero-order chi connectivity index (χ0) is 29.0. The number of hydrogen-bond acceptors (Lipinski definition) is 4. The largest absolute Gasteiger partial charge is 0.350 e. The molecule has 0 aliphatic heterocycles. The van der Waals surface area contributed by atoms with Gasteiger partial charge in [-0.25, -0.2) is 8.42 Å². The zero-order valence-electron chi connectivity index (χ0n) is 22.6. The van der Waals surface area contributed by atoms with E-state index in [4.69, 9.17) is 23.2 Å². The summed E-state index contributed by atoms with van der Waals surface area (Å²) in [7, 11) is -4.18. The quantitative estimate of drug-likeness (QED) is 0.340. The van der Waals surface area contributed by atoms with Gasteiger partial charge in [0.25, 0.3) is 10.0 Å². The van der Waals surface area contributed by atoms with Gasteiger partial charge in [-0.2, -0.15) is 0 Å². The normalized spacial score (nSPS) is 12.5. The van der Waals surface area contributed by atoms with Gasteiger partial charge in [-0.15, -0.1) is 0 Å². The number of nitrogens with zero attached hydrogens (tertiary/aromatic N) is 2. The molecule has 0 aliphatic carbocycles. The minimum atomic E-state index is -4.18. The van der Waals surface area contributed by atoms with E-state index in [2.05, 4.69) is 5.32 Å². The zero-order valence-corrected chi connectivity index (χ0v) is 24.9. The van der Waals surface area contributed by atoms with E-state index in [9.17, 15) is 18.0 Å². The molecule has 2 amide bonds. The third-order valence-electron chi connectivity index (χ3n) is 6.03. The maximum Gasteiger partial charge on any atom is 0.264 e. The molecule has 39 heavy (non-hydrogen) atoms. The standard InChI is InChI=1S/C29H33Cl2N3O4S/c1-20-10-6-9-13-26(20)34(39(37,38)24-16-14-23(30)15-17-24)19-27(35)33(18-22-11-7-8-12-25(22)31)21(2)28(36)32-29(3,4)5/h6-17,21H,18-19H2,1-5H3,(H,32,36)/t21-/m0/s1. The van der Waals surface area contributed by atoms with Gasteiger partial charge in [0.05, 0.1) is 10.6 Å². The lowest BCUT2D eigenvalue weighted by Gasteiger charge is -2.34. The molecular weight excluding hydrogens is 557 g/mol. The van der Waals surface area contributed by atoms with E-state index in [0.29, 0.717) is 26.9 Å². The maximum absolute atomic E-state index is 14.0. The Hall–Kier alpha value is -3.07. The van der Waals surface area contributed by atoms with Gasteiger partial charge in [0.2, 0.25) is 11.8 Å². The molecule has 0 aromatic heterocycles. The lowest BCUT2D eigenvalue weighted by atomic mass is 10.1. The topological polar surface area (TPSA) is 86.8 Å². The molecule has 0 saturated heterocycles. The van der Waals surface area contributed by atoms with Crippen molar-refractivity contribution in [2.75, 3.05) is 10.8 Å². The van der Waals surface area contributed by atoms with Crippen molar-refractivity contribution in [3.8, 4) is 0 Å². The predicted octanol–water partition coefficient (Wildman–Crippen LogP) is 5.83. The predicted molar refractivity (Wildman–Crippen MR) is 157 cm³/mol. The molecular formula is C29H33Cl2N3O4S. The van der Waals surface area contributed by atoms with Crippen LogP contribution in [0.15, 0.2) is 77.7 Å². The summed E-state index contributed by atoms with van der Waals surface area (Å²) in [5.41, 5.74) is 1.12. The molecule has 0 unspecified atom stereocenters. The molecule has 7 nitrogen and oxygen atoms in total. The number of carbonyl (C=O) groups is 2. The summed E-state index contributed by atoms with van der Waals surface area (Å²) in [5.74, 6) is -0.932. The second-order valence-corrected chi connectivity index (χ2v) is 13.0. The van der Waals surface area contributed by atoms with Gasteiger partial charge in [0.15, 0.2) is 0 Å². The van der Waals surface area contributed by atoms with E-state index in [1.807, 2.05) is 20.8 Å². The fourth-order valence-electron chi connectivity index (χ4n) is 3.96. The van der Waals surface area contributed by atoms with Gasteiger partial charge in [0, 0.05) is 22.1 Å². The molecule has 3 aromatic carbocycles. The second kappa shape index (κ2) is 12.4. The summed E-state index contributed by atoms with van der Waals surface area (Å²) in [4.78, 5) is 28.5. The van der Waals surface area contributed by atoms with Crippen LogP contribution in [-0.2, 0) is 26.2 Å². The third-order valence-corrected chi connectivity index (χ3v) is 8.42. The first-order valence-electron chi connectivity index (χ1n) is 12.4. The average molecular weight is 591 g/mol. The first kappa shape index (κ1) is 30.5. The maximum atomic E-state index is 14.0. The molecule has 3 rings (SSSR count). The summed E-state index contributed by atoms with van der Waals surface area (Å²) in [6, 6.07) is 18.8. The number of sulfonamides is 1. The minimum absolute atomic E-state index is 0.0137. The van der Waals surface area contributed by atoms with E-state index in [0.717, 1.165) is 4.31 Å². The van der Waals surface area contributed by atoms with Crippen LogP contribution in [0.2, 0.25) is 10.0 Å². The fraction of sp³-hybridized carbons (Fsp3) is 0.310. The number of amides is 2. The number of rotatable bonds is 9. The number of anilines is 1. The highest BCUT2D eigenvalue weighted by Crippen LogP contribution is 2.28. The smallest absolute Gasteiger partial charge is 0.264 e. The third kappa shape index (κ3) is 7.75. The van der Waals surface area contributed by atoms with Crippen LogP contribution >= 0.6 is 23.2 Å². The van der Waals surface area contributed by atoms with E-state index >= 15 is 0 Å². The van der Waals surface area contributed by atoms with E-state index in [1.54, 1.807) is 62.4 Å². The van der Waals surface area contributed by atoms with Crippen molar-refractivity contribution in [3.05, 3.63) is 94.0 Å². The highest BCUT2D eigenvalue weighted by Gasteiger charge is 2.34. The highest BCUT2D eigenvalue weighted by atomic mass is 35.5. The lowest BCUT2D eigenvalue weighted by molar-refractivity contribution is -0.140. The monoisotopic (exact) mass is 589 g/mol. The number of nitrogens with one attached hydrogen (secondary N) is 1. The number of carbonyl (C=O) groups excluding carboxylic acids is 2. The van der Waals surface area contributed by atoms with Crippen molar-refractivity contribution in [1.82, 2.24) is 10.2 Å². The molecule has 0 radical (unpaired) electrons. The number of benzene rings is 3. The van der Waals surface area contributed by atoms with Crippen LogP contribution in [0.25, 0.3) is 0 Å². The Morgan fingerprint density at radius 1 is 0.923 bits per heavy atom. The van der Waals surface area contributed by atoms with Gasteiger partial charge in [-0.3, -0.25) is 13.9 Å². The summed E-state index contributed by atoms with van der Waals surface area (Å²) in [6.45, 7) is 8.39. The molecule has 1 N–H and O–H groups in total. The first-order chi connectivity index (χ1) is 18.2. The fourth-order valence-corrected chi connectivity index (χ4v) is 5.76. The summed E-state index contributed by atoms with van der Waals surface area (Å²) in [5, 5.41) is 3.72.